The van der Waals surface area contributed by atoms with Crippen molar-refractivity contribution in [1.29, 1.82) is 0 Å². The molecule has 92 valence electrons. The summed E-state index contributed by atoms with van der Waals surface area (Å²) in [6.45, 7) is 0. The Kier molecular flexibility index (Phi) is 13.7. The molecule has 0 aliphatic rings. The number of hydrazone groups is 1. The van der Waals surface area contributed by atoms with Gasteiger partial charge in [-0.2, -0.15) is 8.42 Å². The molecule has 0 atom stereocenters. The molecule has 0 amide bonds. The fourth-order valence-corrected chi connectivity index (χ4v) is 0. The molecule has 0 heterocycles. The van der Waals surface area contributed by atoms with E-state index in [1.807, 2.05) is 5.43 Å². The highest BCUT2D eigenvalue weighted by atomic mass is 32.3. The molecule has 13 heteroatoms. The summed E-state index contributed by atoms with van der Waals surface area (Å²) in [6, 6.07) is 0. The highest BCUT2D eigenvalue weighted by molar-refractivity contribution is 7.80. The zero-order valence-corrected chi connectivity index (χ0v) is 8.99. The number of hydrogen-bond acceptors (Lipinski definition) is 6. The lowest BCUT2D eigenvalue weighted by molar-refractivity contribution is 0.381. The van der Waals surface area contributed by atoms with Crippen molar-refractivity contribution in [2.24, 2.45) is 34.0 Å². The van der Waals surface area contributed by atoms with E-state index in [9.17, 15) is 0 Å². The normalized spacial score (nSPS) is 8.20. The molecule has 0 fully saturated rings. The molecule has 0 aromatic heterocycles. The van der Waals surface area contributed by atoms with Crippen LogP contribution in [0, 0.1) is 0 Å². The van der Waals surface area contributed by atoms with Crippen molar-refractivity contribution >= 4 is 33.7 Å². The molecule has 0 spiro atoms. The lowest BCUT2D eigenvalue weighted by Crippen LogP contribution is -2.34. The van der Waals surface area contributed by atoms with E-state index in [-0.39, 0.29) is 11.1 Å². The van der Waals surface area contributed by atoms with Gasteiger partial charge in [-0.3, -0.25) is 9.11 Å². The first-order valence-corrected chi connectivity index (χ1v) is 4.59. The fourth-order valence-electron chi connectivity index (χ4n) is 0. The third-order valence-corrected chi connectivity index (χ3v) is 0.409. The minimum Gasteiger partial charge on any atom is -0.375 e. The van der Waals surface area contributed by atoms with Crippen molar-refractivity contribution in [2.75, 3.05) is 0 Å². The number of nitrogens with zero attached hydrogens (tertiary/aromatic N) is 1. The van der Waals surface area contributed by atoms with Crippen molar-refractivity contribution in [1.82, 2.24) is 5.43 Å². The Bertz CT molecular complexity index is 273. The maximum Gasteiger partial charge on any atom is 0.394 e. The molecule has 0 saturated carbocycles. The van der Waals surface area contributed by atoms with Crippen LogP contribution in [0.25, 0.3) is 0 Å². The monoisotopic (exact) mass is 263 g/mol. The minimum absolute atomic E-state index is 0.0926. The highest BCUT2D eigenvalue weighted by Crippen LogP contribution is 1.59. The van der Waals surface area contributed by atoms with E-state index in [0.717, 1.165) is 0 Å². The maximum atomic E-state index is 8.74. The maximum absolute atomic E-state index is 8.74. The van der Waals surface area contributed by atoms with E-state index < -0.39 is 10.4 Å². The molecule has 0 aliphatic heterocycles. The number of rotatable bonds is 0. The second-order valence-corrected chi connectivity index (χ2v) is 2.85. The standard InChI is InChI=1S/CH6N4.CH5N3S.H2O4S/c2-1(3)5-4;2-1(5)4-3;1-5(2,3)4/h4H2,(H4,2,3,5);3H2,(H3,2,4,5);(H2,1,2,3,4). The van der Waals surface area contributed by atoms with E-state index in [2.05, 4.69) is 29.0 Å². The van der Waals surface area contributed by atoms with Gasteiger partial charge in [0.1, 0.15) is 0 Å². The average molecular weight is 263 g/mol. The van der Waals surface area contributed by atoms with Gasteiger partial charge in [-0.05, 0) is 12.2 Å². The molecule has 0 bridgehead atoms. The van der Waals surface area contributed by atoms with Crippen LogP contribution in [0.5, 0.6) is 0 Å². The Labute approximate surface area is 91.2 Å². The lowest BCUT2D eigenvalue weighted by Gasteiger charge is -1.85. The topological polar surface area (TPSA) is 229 Å². The number of nitrogens with two attached hydrogens (primary N) is 5. The van der Waals surface area contributed by atoms with Crippen molar-refractivity contribution < 1.29 is 17.5 Å². The Morgan fingerprint density at radius 3 is 1.40 bits per heavy atom. The van der Waals surface area contributed by atoms with E-state index in [0.29, 0.717) is 0 Å². The van der Waals surface area contributed by atoms with E-state index >= 15 is 0 Å². The van der Waals surface area contributed by atoms with Crippen LogP contribution in [-0.2, 0) is 10.4 Å². The van der Waals surface area contributed by atoms with Crippen LogP contribution in [-0.4, -0.2) is 28.6 Å². The molecule has 0 aromatic carbocycles. The van der Waals surface area contributed by atoms with Gasteiger partial charge in [0.15, 0.2) is 5.11 Å². The molecule has 0 radical (unpaired) electrons. The molecule has 15 heavy (non-hydrogen) atoms. The molecule has 13 N–H and O–H groups in total. The highest BCUT2D eigenvalue weighted by Gasteiger charge is 1.84. The summed E-state index contributed by atoms with van der Waals surface area (Å²) >= 11 is 4.24. The molecule has 0 aliphatic carbocycles. The summed E-state index contributed by atoms with van der Waals surface area (Å²) in [5, 5.41) is 2.98. The summed E-state index contributed by atoms with van der Waals surface area (Å²) in [5.41, 5.74) is 16.2. The van der Waals surface area contributed by atoms with Crippen LogP contribution in [0.15, 0.2) is 5.10 Å². The van der Waals surface area contributed by atoms with Crippen LogP contribution in [0.3, 0.4) is 0 Å². The predicted octanol–water partition coefficient (Wildman–Crippen LogP) is -3.83. The molecular weight excluding hydrogens is 250 g/mol. The molecule has 0 rings (SSSR count). The summed E-state index contributed by atoms with van der Waals surface area (Å²) in [6.07, 6.45) is 0. The third kappa shape index (κ3) is 210. The SMILES string of the molecule is NN=C(N)N.NNC(N)=S.O=S(=O)(O)O. The third-order valence-electron chi connectivity index (χ3n) is 0.291. The molecule has 0 saturated heterocycles. The average Bonchev–Trinajstić information content (AvgIpc) is 2.02. The minimum atomic E-state index is -4.67. The Morgan fingerprint density at radius 2 is 1.40 bits per heavy atom. The molecule has 11 nitrogen and oxygen atoms in total. The van der Waals surface area contributed by atoms with E-state index in [1.54, 1.807) is 0 Å². The largest absolute Gasteiger partial charge is 0.394 e. The smallest absolute Gasteiger partial charge is 0.375 e. The van der Waals surface area contributed by atoms with Crippen molar-refractivity contribution in [3.63, 3.8) is 0 Å². The first kappa shape index (κ1) is 19.2. The first-order valence-electron chi connectivity index (χ1n) is 2.79. The van der Waals surface area contributed by atoms with Crippen LogP contribution in [0.4, 0.5) is 0 Å². The van der Waals surface area contributed by atoms with Crippen LogP contribution >= 0.6 is 12.2 Å². The van der Waals surface area contributed by atoms with Crippen LogP contribution in [0.2, 0.25) is 0 Å². The van der Waals surface area contributed by atoms with Gasteiger partial charge in [0.2, 0.25) is 5.96 Å². The summed E-state index contributed by atoms with van der Waals surface area (Å²) in [5.74, 6) is 9.07. The van der Waals surface area contributed by atoms with Gasteiger partial charge in [0, 0.05) is 0 Å². The lowest BCUT2D eigenvalue weighted by atomic mass is 11.1. The van der Waals surface area contributed by atoms with Gasteiger partial charge in [-0.1, -0.05) is 0 Å². The predicted molar refractivity (Wildman–Crippen MR) is 58.3 cm³/mol. The first-order chi connectivity index (χ1) is 6.54. The second kappa shape index (κ2) is 10.7. The van der Waals surface area contributed by atoms with Crippen molar-refractivity contribution in [2.45, 2.75) is 0 Å². The fraction of sp³-hybridized carbons (Fsp3) is 0. The zero-order valence-electron chi connectivity index (χ0n) is 7.36. The second-order valence-electron chi connectivity index (χ2n) is 1.51. The van der Waals surface area contributed by atoms with Gasteiger partial charge in [0.05, 0.1) is 0 Å². The van der Waals surface area contributed by atoms with Gasteiger partial charge in [-0.15, -0.1) is 5.10 Å². The zero-order chi connectivity index (χ0) is 13.1. The Hall–Kier alpha value is -1.41. The van der Waals surface area contributed by atoms with Gasteiger partial charge < -0.3 is 28.5 Å². The number of nitrogens with one attached hydrogen (secondary N) is 1. The molecule has 0 aromatic rings. The number of thiocarbonyl (C=S) groups is 1. The van der Waals surface area contributed by atoms with Gasteiger partial charge in [-0.25, -0.2) is 5.84 Å². The molecular formula is C2H13N7O4S2. The van der Waals surface area contributed by atoms with E-state index in [4.69, 9.17) is 34.7 Å². The quantitative estimate of drug-likeness (QED) is 0.0526. The Morgan fingerprint density at radius 1 is 1.27 bits per heavy atom. The van der Waals surface area contributed by atoms with Crippen LogP contribution < -0.4 is 34.3 Å². The number of hydrazine groups is 1. The van der Waals surface area contributed by atoms with Gasteiger partial charge in [0.25, 0.3) is 0 Å². The van der Waals surface area contributed by atoms with Crippen molar-refractivity contribution in [3.05, 3.63) is 0 Å². The van der Waals surface area contributed by atoms with Gasteiger partial charge >= 0.3 is 10.4 Å². The van der Waals surface area contributed by atoms with Crippen molar-refractivity contribution in [3.8, 4) is 0 Å². The molecule has 0 unspecified atom stereocenters. The number of hydrogen-bond donors (Lipinski definition) is 8. The Balaban J connectivity index is -0.000000144. The van der Waals surface area contributed by atoms with Crippen LogP contribution in [0.1, 0.15) is 0 Å². The summed E-state index contributed by atoms with van der Waals surface area (Å²) in [7, 11) is -4.67. The van der Waals surface area contributed by atoms with E-state index in [1.165, 1.54) is 0 Å². The summed E-state index contributed by atoms with van der Waals surface area (Å²) in [4.78, 5) is 0. The number of guanidine groups is 1. The summed E-state index contributed by atoms with van der Waals surface area (Å²) < 4.78 is 31.6.